The van der Waals surface area contributed by atoms with Crippen molar-refractivity contribution in [2.45, 2.75) is 6.61 Å². The molecule has 0 saturated heterocycles. The van der Waals surface area contributed by atoms with E-state index < -0.39 is 0 Å². The normalized spacial score (nSPS) is 10.0. The maximum atomic E-state index is 11.4. The second kappa shape index (κ2) is 6.20. The van der Waals surface area contributed by atoms with Crippen molar-refractivity contribution in [3.8, 4) is 5.75 Å². The molecule has 0 unspecified atom stereocenters. The molecule has 5 heteroatoms. The van der Waals surface area contributed by atoms with Gasteiger partial charge in [0.2, 0.25) is 0 Å². The summed E-state index contributed by atoms with van der Waals surface area (Å²) in [5.74, 6) is 0.550. The smallest absolute Gasteiger partial charge is 0.251 e. The SMILES string of the molecule is CNC(=O)c1ccc(OCc2cccnc2Cl)cc1. The monoisotopic (exact) mass is 276 g/mol. The van der Waals surface area contributed by atoms with Crippen LogP contribution in [-0.2, 0) is 6.61 Å². The van der Waals surface area contributed by atoms with E-state index in [1.807, 2.05) is 6.07 Å². The van der Waals surface area contributed by atoms with E-state index in [0.717, 1.165) is 5.56 Å². The minimum absolute atomic E-state index is 0.123. The Labute approximate surface area is 116 Å². The summed E-state index contributed by atoms with van der Waals surface area (Å²) in [5, 5.41) is 3.00. The highest BCUT2D eigenvalue weighted by Crippen LogP contribution is 2.17. The number of carbonyl (C=O) groups excluding carboxylic acids is 1. The summed E-state index contributed by atoms with van der Waals surface area (Å²) < 4.78 is 5.59. The van der Waals surface area contributed by atoms with Gasteiger partial charge in [-0.2, -0.15) is 0 Å². The van der Waals surface area contributed by atoms with Crippen LogP contribution in [0.3, 0.4) is 0 Å². The van der Waals surface area contributed by atoms with Crippen molar-refractivity contribution in [2.75, 3.05) is 7.05 Å². The van der Waals surface area contributed by atoms with E-state index in [1.54, 1.807) is 43.6 Å². The maximum Gasteiger partial charge on any atom is 0.251 e. The van der Waals surface area contributed by atoms with Crippen LogP contribution >= 0.6 is 11.6 Å². The molecule has 2 aromatic rings. The molecule has 1 heterocycles. The number of nitrogens with one attached hydrogen (secondary N) is 1. The molecule has 98 valence electrons. The zero-order valence-corrected chi connectivity index (χ0v) is 11.1. The summed E-state index contributed by atoms with van der Waals surface area (Å²) in [6.07, 6.45) is 1.63. The molecule has 0 aliphatic carbocycles. The number of ether oxygens (including phenoxy) is 1. The van der Waals surface area contributed by atoms with Crippen LogP contribution in [0.4, 0.5) is 0 Å². The van der Waals surface area contributed by atoms with E-state index in [1.165, 1.54) is 0 Å². The third-order valence-electron chi connectivity index (χ3n) is 2.57. The lowest BCUT2D eigenvalue weighted by Gasteiger charge is -2.07. The van der Waals surface area contributed by atoms with Gasteiger partial charge >= 0.3 is 0 Å². The standard InChI is InChI=1S/C14H13ClN2O2/c1-16-14(18)10-4-6-12(7-5-10)19-9-11-3-2-8-17-13(11)15/h2-8H,9H2,1H3,(H,16,18). The lowest BCUT2D eigenvalue weighted by molar-refractivity contribution is 0.0963. The van der Waals surface area contributed by atoms with Gasteiger partial charge in [0, 0.05) is 24.4 Å². The van der Waals surface area contributed by atoms with Crippen molar-refractivity contribution in [3.63, 3.8) is 0 Å². The molecular weight excluding hydrogens is 264 g/mol. The Balaban J connectivity index is 2.01. The quantitative estimate of drug-likeness (QED) is 0.874. The molecule has 2 rings (SSSR count). The largest absolute Gasteiger partial charge is 0.489 e. The number of nitrogens with zero attached hydrogens (tertiary/aromatic N) is 1. The highest BCUT2D eigenvalue weighted by Gasteiger charge is 2.04. The number of rotatable bonds is 4. The van der Waals surface area contributed by atoms with Gasteiger partial charge in [-0.25, -0.2) is 4.98 Å². The van der Waals surface area contributed by atoms with Crippen molar-refractivity contribution >= 4 is 17.5 Å². The van der Waals surface area contributed by atoms with Crippen LogP contribution in [0.5, 0.6) is 5.75 Å². The van der Waals surface area contributed by atoms with E-state index in [-0.39, 0.29) is 5.91 Å². The van der Waals surface area contributed by atoms with Gasteiger partial charge < -0.3 is 10.1 Å². The van der Waals surface area contributed by atoms with Crippen molar-refractivity contribution in [1.82, 2.24) is 10.3 Å². The molecule has 0 aliphatic heterocycles. The van der Waals surface area contributed by atoms with E-state index in [4.69, 9.17) is 16.3 Å². The molecule has 0 spiro atoms. The number of amides is 1. The molecule has 0 aliphatic rings. The third kappa shape index (κ3) is 3.45. The van der Waals surface area contributed by atoms with E-state index in [2.05, 4.69) is 10.3 Å². The fourth-order valence-electron chi connectivity index (χ4n) is 1.53. The summed E-state index contributed by atoms with van der Waals surface area (Å²) in [6, 6.07) is 10.6. The fraction of sp³-hybridized carbons (Fsp3) is 0.143. The molecule has 0 radical (unpaired) electrons. The van der Waals surface area contributed by atoms with Crippen molar-refractivity contribution in [3.05, 3.63) is 58.9 Å². The molecule has 19 heavy (non-hydrogen) atoms. The Morgan fingerprint density at radius 1 is 1.32 bits per heavy atom. The van der Waals surface area contributed by atoms with E-state index in [0.29, 0.717) is 23.1 Å². The average molecular weight is 277 g/mol. The molecule has 0 atom stereocenters. The molecule has 1 amide bonds. The van der Waals surface area contributed by atoms with Crippen LogP contribution in [0.15, 0.2) is 42.6 Å². The second-order valence-corrected chi connectivity index (χ2v) is 4.20. The molecule has 1 N–H and O–H groups in total. The number of carbonyl (C=O) groups is 1. The van der Waals surface area contributed by atoms with Crippen LogP contribution in [0.2, 0.25) is 5.15 Å². The van der Waals surface area contributed by atoms with Crippen molar-refractivity contribution in [2.24, 2.45) is 0 Å². The van der Waals surface area contributed by atoms with Crippen LogP contribution in [-0.4, -0.2) is 17.9 Å². The summed E-state index contributed by atoms with van der Waals surface area (Å²) in [4.78, 5) is 15.3. The number of benzene rings is 1. The summed E-state index contributed by atoms with van der Waals surface area (Å²) in [5.41, 5.74) is 1.41. The highest BCUT2D eigenvalue weighted by atomic mass is 35.5. The van der Waals surface area contributed by atoms with Gasteiger partial charge in [0.25, 0.3) is 5.91 Å². The lowest BCUT2D eigenvalue weighted by atomic mass is 10.2. The predicted octanol–water partition coefficient (Wildman–Crippen LogP) is 2.67. The lowest BCUT2D eigenvalue weighted by Crippen LogP contribution is -2.17. The zero-order chi connectivity index (χ0) is 13.7. The molecule has 1 aromatic carbocycles. The summed E-state index contributed by atoms with van der Waals surface area (Å²) in [7, 11) is 1.59. The molecule has 1 aromatic heterocycles. The summed E-state index contributed by atoms with van der Waals surface area (Å²) >= 11 is 5.93. The Hall–Kier alpha value is -2.07. The number of halogens is 1. The molecule has 0 fully saturated rings. The Morgan fingerprint density at radius 3 is 2.68 bits per heavy atom. The minimum Gasteiger partial charge on any atom is -0.489 e. The van der Waals surface area contributed by atoms with Gasteiger partial charge in [0.15, 0.2) is 0 Å². The number of pyridine rings is 1. The van der Waals surface area contributed by atoms with Crippen LogP contribution in [0.1, 0.15) is 15.9 Å². The first kappa shape index (κ1) is 13.4. The maximum absolute atomic E-state index is 11.4. The molecule has 4 nitrogen and oxygen atoms in total. The van der Waals surface area contributed by atoms with Gasteiger partial charge in [-0.15, -0.1) is 0 Å². The van der Waals surface area contributed by atoms with Crippen LogP contribution in [0.25, 0.3) is 0 Å². The fourth-order valence-corrected chi connectivity index (χ4v) is 1.71. The second-order valence-electron chi connectivity index (χ2n) is 3.85. The average Bonchev–Trinajstić information content (AvgIpc) is 2.46. The first-order chi connectivity index (χ1) is 9.20. The Kier molecular flexibility index (Phi) is 4.36. The van der Waals surface area contributed by atoms with Gasteiger partial charge in [0.05, 0.1) is 0 Å². The number of aromatic nitrogens is 1. The Morgan fingerprint density at radius 2 is 2.05 bits per heavy atom. The van der Waals surface area contributed by atoms with Gasteiger partial charge in [-0.05, 0) is 30.3 Å². The van der Waals surface area contributed by atoms with Gasteiger partial charge in [0.1, 0.15) is 17.5 Å². The van der Waals surface area contributed by atoms with Gasteiger partial charge in [-0.1, -0.05) is 17.7 Å². The zero-order valence-electron chi connectivity index (χ0n) is 10.4. The van der Waals surface area contributed by atoms with Crippen LogP contribution in [0, 0.1) is 0 Å². The number of hydrogen-bond donors (Lipinski definition) is 1. The van der Waals surface area contributed by atoms with Crippen molar-refractivity contribution < 1.29 is 9.53 Å². The van der Waals surface area contributed by atoms with Crippen LogP contribution < -0.4 is 10.1 Å². The highest BCUT2D eigenvalue weighted by molar-refractivity contribution is 6.30. The van der Waals surface area contributed by atoms with Crippen molar-refractivity contribution in [1.29, 1.82) is 0 Å². The summed E-state index contributed by atoms with van der Waals surface area (Å²) in [6.45, 7) is 0.339. The Bertz CT molecular complexity index is 570. The molecule has 0 saturated carbocycles. The third-order valence-corrected chi connectivity index (χ3v) is 2.91. The number of hydrogen-bond acceptors (Lipinski definition) is 3. The molecular formula is C14H13ClN2O2. The minimum atomic E-state index is -0.123. The van der Waals surface area contributed by atoms with E-state index in [9.17, 15) is 4.79 Å². The van der Waals surface area contributed by atoms with Gasteiger partial charge in [-0.3, -0.25) is 4.79 Å². The first-order valence-electron chi connectivity index (χ1n) is 5.75. The topological polar surface area (TPSA) is 51.2 Å². The molecule has 0 bridgehead atoms. The van der Waals surface area contributed by atoms with E-state index >= 15 is 0 Å². The first-order valence-corrected chi connectivity index (χ1v) is 6.13. The predicted molar refractivity (Wildman–Crippen MR) is 73.4 cm³/mol.